The quantitative estimate of drug-likeness (QED) is 0.131. The molecular formula is C27H52O5. The van der Waals surface area contributed by atoms with Gasteiger partial charge in [-0.1, -0.05) is 111 Å². The third-order valence-electron chi connectivity index (χ3n) is 5.77. The van der Waals surface area contributed by atoms with Crippen molar-refractivity contribution in [1.82, 2.24) is 0 Å². The number of carbonyl (C=O) groups is 2. The molecule has 32 heavy (non-hydrogen) atoms. The molecule has 0 amide bonds. The maximum atomic E-state index is 11.8. The summed E-state index contributed by atoms with van der Waals surface area (Å²) in [5.74, 6) is 0.238. The molecule has 190 valence electrons. The largest absolute Gasteiger partial charge is 0.463 e. The summed E-state index contributed by atoms with van der Waals surface area (Å²) in [5.41, 5.74) is 0. The van der Waals surface area contributed by atoms with Crippen molar-refractivity contribution < 1.29 is 24.2 Å². The van der Waals surface area contributed by atoms with Gasteiger partial charge in [0.2, 0.25) is 0 Å². The molecule has 0 unspecified atom stereocenters. The second kappa shape index (κ2) is 23.1. The van der Waals surface area contributed by atoms with Crippen molar-refractivity contribution in [3.8, 4) is 0 Å². The van der Waals surface area contributed by atoms with E-state index in [0.29, 0.717) is 12.8 Å². The second-order valence-corrected chi connectivity index (χ2v) is 9.65. The molecule has 5 nitrogen and oxygen atoms in total. The average molecular weight is 457 g/mol. The molecule has 0 aromatic carbocycles. The van der Waals surface area contributed by atoms with E-state index in [-0.39, 0.29) is 25.2 Å². The Labute approximate surface area is 198 Å². The van der Waals surface area contributed by atoms with Crippen LogP contribution in [0.25, 0.3) is 0 Å². The molecule has 0 aliphatic rings. The van der Waals surface area contributed by atoms with E-state index in [9.17, 15) is 14.7 Å². The highest BCUT2D eigenvalue weighted by atomic mass is 16.6. The molecule has 0 aromatic heterocycles. The van der Waals surface area contributed by atoms with Crippen LogP contribution in [0.15, 0.2) is 0 Å². The minimum absolute atomic E-state index is 0.111. The minimum atomic E-state index is -0.951. The lowest BCUT2D eigenvalue weighted by molar-refractivity contribution is -0.152. The number of carbonyl (C=O) groups excluding carboxylic acids is 2. The fourth-order valence-electron chi connectivity index (χ4n) is 3.68. The lowest BCUT2D eigenvalue weighted by Gasteiger charge is -2.12. The van der Waals surface area contributed by atoms with Crippen LogP contribution in [0.4, 0.5) is 0 Å². The number of aliphatic hydroxyl groups excluding tert-OH is 1. The topological polar surface area (TPSA) is 72.8 Å². The molecule has 0 aliphatic carbocycles. The van der Waals surface area contributed by atoms with Crippen molar-refractivity contribution in [1.29, 1.82) is 0 Å². The standard InChI is InChI=1S/C27H52O5/c1-4-5-6-7-10-14-17-20-26(29)31-22-25(28)23-32-27(30)21-18-15-12-9-8-11-13-16-19-24(2)3/h24-25,28H,4-23H2,1-3H3/t25-/m1/s1. The molecular weight excluding hydrogens is 404 g/mol. The zero-order valence-electron chi connectivity index (χ0n) is 21.4. The Bertz CT molecular complexity index is 436. The number of rotatable bonds is 23. The Morgan fingerprint density at radius 2 is 1.00 bits per heavy atom. The van der Waals surface area contributed by atoms with Gasteiger partial charge in [0.1, 0.15) is 19.3 Å². The molecule has 0 radical (unpaired) electrons. The van der Waals surface area contributed by atoms with Crippen LogP contribution >= 0.6 is 0 Å². The number of aliphatic hydroxyl groups is 1. The van der Waals surface area contributed by atoms with Gasteiger partial charge in [-0.3, -0.25) is 9.59 Å². The van der Waals surface area contributed by atoms with Crippen LogP contribution < -0.4 is 0 Å². The third kappa shape index (κ3) is 23.6. The Morgan fingerprint density at radius 1 is 0.625 bits per heavy atom. The molecule has 0 bridgehead atoms. The summed E-state index contributed by atoms with van der Waals surface area (Å²) < 4.78 is 10.2. The Morgan fingerprint density at radius 3 is 1.41 bits per heavy atom. The first-order valence-electron chi connectivity index (χ1n) is 13.4. The summed E-state index contributed by atoms with van der Waals surface area (Å²) >= 11 is 0. The van der Waals surface area contributed by atoms with E-state index >= 15 is 0 Å². The van der Waals surface area contributed by atoms with E-state index in [1.54, 1.807) is 0 Å². The fourth-order valence-corrected chi connectivity index (χ4v) is 3.68. The highest BCUT2D eigenvalue weighted by molar-refractivity contribution is 5.69. The second-order valence-electron chi connectivity index (χ2n) is 9.65. The van der Waals surface area contributed by atoms with E-state index in [1.165, 1.54) is 64.2 Å². The monoisotopic (exact) mass is 456 g/mol. The average Bonchev–Trinajstić information content (AvgIpc) is 2.76. The predicted molar refractivity (Wildman–Crippen MR) is 132 cm³/mol. The van der Waals surface area contributed by atoms with Crippen molar-refractivity contribution in [2.45, 2.75) is 142 Å². The van der Waals surface area contributed by atoms with Crippen molar-refractivity contribution in [2.24, 2.45) is 5.92 Å². The van der Waals surface area contributed by atoms with E-state index in [4.69, 9.17) is 9.47 Å². The summed E-state index contributed by atoms with van der Waals surface area (Å²) in [7, 11) is 0. The Balaban J connectivity index is 3.45. The van der Waals surface area contributed by atoms with Gasteiger partial charge in [-0.25, -0.2) is 0 Å². The van der Waals surface area contributed by atoms with Crippen LogP contribution in [0.5, 0.6) is 0 Å². The predicted octanol–water partition coefficient (Wildman–Crippen LogP) is 7.13. The van der Waals surface area contributed by atoms with E-state index < -0.39 is 6.10 Å². The first-order chi connectivity index (χ1) is 15.5. The van der Waals surface area contributed by atoms with Gasteiger partial charge in [0.25, 0.3) is 0 Å². The van der Waals surface area contributed by atoms with E-state index in [0.717, 1.165) is 44.4 Å². The van der Waals surface area contributed by atoms with Crippen LogP contribution in [0.3, 0.4) is 0 Å². The van der Waals surface area contributed by atoms with Crippen LogP contribution in [0.1, 0.15) is 136 Å². The van der Waals surface area contributed by atoms with E-state index in [1.807, 2.05) is 0 Å². The van der Waals surface area contributed by atoms with Crippen molar-refractivity contribution in [2.75, 3.05) is 13.2 Å². The Kier molecular flexibility index (Phi) is 22.3. The maximum Gasteiger partial charge on any atom is 0.305 e. The number of ether oxygens (including phenoxy) is 2. The van der Waals surface area contributed by atoms with Crippen molar-refractivity contribution >= 4 is 11.9 Å². The molecule has 1 N–H and O–H groups in total. The molecule has 1 atom stereocenters. The van der Waals surface area contributed by atoms with Gasteiger partial charge in [-0.15, -0.1) is 0 Å². The normalized spacial score (nSPS) is 12.2. The lowest BCUT2D eigenvalue weighted by Crippen LogP contribution is -2.25. The van der Waals surface area contributed by atoms with Crippen LogP contribution in [0.2, 0.25) is 0 Å². The number of hydrogen-bond acceptors (Lipinski definition) is 5. The lowest BCUT2D eigenvalue weighted by atomic mass is 10.0. The summed E-state index contributed by atoms with van der Waals surface area (Å²) in [6.45, 7) is 6.53. The molecule has 0 fully saturated rings. The molecule has 0 saturated carbocycles. The van der Waals surface area contributed by atoms with Gasteiger partial charge < -0.3 is 14.6 Å². The number of hydrogen-bond donors (Lipinski definition) is 1. The van der Waals surface area contributed by atoms with Gasteiger partial charge >= 0.3 is 11.9 Å². The zero-order chi connectivity index (χ0) is 23.9. The molecule has 0 aromatic rings. The van der Waals surface area contributed by atoms with Crippen molar-refractivity contribution in [3.63, 3.8) is 0 Å². The van der Waals surface area contributed by atoms with Gasteiger partial charge in [0.05, 0.1) is 0 Å². The van der Waals surface area contributed by atoms with Gasteiger partial charge in [0.15, 0.2) is 0 Å². The SMILES string of the molecule is CCCCCCCCCC(=O)OC[C@@H](O)COC(=O)CCCCCCCCCCC(C)C. The molecule has 0 aliphatic heterocycles. The first kappa shape index (κ1) is 30.9. The first-order valence-corrected chi connectivity index (χ1v) is 13.4. The molecule has 5 heteroatoms. The third-order valence-corrected chi connectivity index (χ3v) is 5.77. The molecule has 0 heterocycles. The fraction of sp³-hybridized carbons (Fsp3) is 0.926. The Hall–Kier alpha value is -1.10. The summed E-state index contributed by atoms with van der Waals surface area (Å²) in [4.78, 5) is 23.5. The molecule has 0 saturated heterocycles. The van der Waals surface area contributed by atoms with Crippen LogP contribution in [0, 0.1) is 5.92 Å². The van der Waals surface area contributed by atoms with Crippen LogP contribution in [-0.2, 0) is 19.1 Å². The van der Waals surface area contributed by atoms with E-state index in [2.05, 4.69) is 20.8 Å². The molecule has 0 spiro atoms. The summed E-state index contributed by atoms with van der Waals surface area (Å²) in [5, 5.41) is 9.85. The van der Waals surface area contributed by atoms with Crippen LogP contribution in [-0.4, -0.2) is 36.4 Å². The molecule has 0 rings (SSSR count). The summed E-state index contributed by atoms with van der Waals surface area (Å²) in [6.07, 6.45) is 18.7. The van der Waals surface area contributed by atoms with Gasteiger partial charge in [-0.05, 0) is 18.8 Å². The highest BCUT2D eigenvalue weighted by Gasteiger charge is 2.12. The van der Waals surface area contributed by atoms with Gasteiger partial charge in [0, 0.05) is 12.8 Å². The maximum absolute atomic E-state index is 11.8. The summed E-state index contributed by atoms with van der Waals surface area (Å²) in [6, 6.07) is 0. The minimum Gasteiger partial charge on any atom is -0.463 e. The highest BCUT2D eigenvalue weighted by Crippen LogP contribution is 2.13. The van der Waals surface area contributed by atoms with Gasteiger partial charge in [-0.2, -0.15) is 0 Å². The zero-order valence-corrected chi connectivity index (χ0v) is 21.4. The number of esters is 2. The smallest absolute Gasteiger partial charge is 0.305 e. The van der Waals surface area contributed by atoms with Crippen molar-refractivity contribution in [3.05, 3.63) is 0 Å². The number of unbranched alkanes of at least 4 members (excludes halogenated alkanes) is 13.